The Bertz CT molecular complexity index is 454. The topological polar surface area (TPSA) is 17.8 Å². The van der Waals surface area contributed by atoms with Gasteiger partial charge in [-0.05, 0) is 17.7 Å². The molecule has 0 saturated heterocycles. The molecule has 1 heterocycles. The van der Waals surface area contributed by atoms with E-state index in [0.29, 0.717) is 5.88 Å². The fourth-order valence-electron chi connectivity index (χ4n) is 1.58. The molecule has 1 aromatic heterocycles. The van der Waals surface area contributed by atoms with Crippen molar-refractivity contribution in [3.05, 3.63) is 52.5 Å². The lowest BCUT2D eigenvalue weighted by atomic mass is 10.2. The van der Waals surface area contributed by atoms with Gasteiger partial charge in [-0.3, -0.25) is 0 Å². The Hall–Kier alpha value is -0.510. The summed E-state index contributed by atoms with van der Waals surface area (Å²) in [7, 11) is 0. The summed E-state index contributed by atoms with van der Waals surface area (Å²) < 4.78 is 3.23. The van der Waals surface area contributed by atoms with Crippen molar-refractivity contribution in [1.29, 1.82) is 0 Å². The molecule has 0 bridgehead atoms. The largest absolute Gasteiger partial charge is 0.330 e. The summed E-state index contributed by atoms with van der Waals surface area (Å²) in [6, 6.07) is 8.31. The van der Waals surface area contributed by atoms with Crippen LogP contribution in [0.25, 0.3) is 0 Å². The van der Waals surface area contributed by atoms with Gasteiger partial charge in [0.15, 0.2) is 0 Å². The summed E-state index contributed by atoms with van der Waals surface area (Å²) in [6.07, 6.45) is 4.59. The fraction of sp³-hybridized carbons (Fsp3) is 0.250. The molecule has 0 unspecified atom stereocenters. The number of alkyl halides is 1. The van der Waals surface area contributed by atoms with Gasteiger partial charge in [0.1, 0.15) is 0 Å². The highest BCUT2D eigenvalue weighted by Gasteiger charge is 2.02. The number of aryl methyl sites for hydroxylation is 1. The van der Waals surface area contributed by atoms with E-state index in [0.717, 1.165) is 17.4 Å². The van der Waals surface area contributed by atoms with Crippen molar-refractivity contribution in [2.45, 2.75) is 13.0 Å². The molecule has 0 atom stereocenters. The van der Waals surface area contributed by atoms with Gasteiger partial charge in [-0.15, -0.1) is 24.0 Å². The molecule has 1 aromatic carbocycles. The van der Waals surface area contributed by atoms with Gasteiger partial charge in [0.05, 0.1) is 6.33 Å². The summed E-state index contributed by atoms with van der Waals surface area (Å²) in [5, 5.41) is 0. The molecule has 2 nitrogen and oxygen atoms in total. The second kappa shape index (κ2) is 7.04. The number of hydrogen-bond donors (Lipinski definition) is 0. The molecule has 0 spiro atoms. The van der Waals surface area contributed by atoms with E-state index in [1.54, 1.807) is 0 Å². The third kappa shape index (κ3) is 4.02. The number of imidazole rings is 1. The van der Waals surface area contributed by atoms with E-state index in [2.05, 4.69) is 37.6 Å². The van der Waals surface area contributed by atoms with E-state index in [1.807, 2.05) is 24.7 Å². The van der Waals surface area contributed by atoms with Crippen LogP contribution in [0.2, 0.25) is 0 Å². The van der Waals surface area contributed by atoms with Crippen LogP contribution in [-0.2, 0) is 13.0 Å². The van der Waals surface area contributed by atoms with Crippen LogP contribution in [0.15, 0.2) is 41.3 Å². The molecule has 2 aromatic rings. The molecule has 0 amide bonds. The first-order valence-corrected chi connectivity index (χ1v) is 6.42. The predicted molar refractivity (Wildman–Crippen MR) is 77.1 cm³/mol. The van der Waals surface area contributed by atoms with Crippen LogP contribution in [0, 0.1) is 0 Å². The van der Waals surface area contributed by atoms with Gasteiger partial charge in [-0.1, -0.05) is 28.1 Å². The number of benzene rings is 1. The first-order valence-electron chi connectivity index (χ1n) is 5.09. The number of hydrogen-bond acceptors (Lipinski definition) is 1. The summed E-state index contributed by atoms with van der Waals surface area (Å²) in [4.78, 5) is 4.15. The smallest absolute Gasteiger partial charge is 0.0951 e. The minimum absolute atomic E-state index is 0. The van der Waals surface area contributed by atoms with Crippen LogP contribution in [-0.4, -0.2) is 15.4 Å². The van der Waals surface area contributed by atoms with Crippen LogP contribution in [0.4, 0.5) is 0 Å². The Morgan fingerprint density at radius 1 is 1.24 bits per heavy atom. The molecule has 17 heavy (non-hydrogen) atoms. The van der Waals surface area contributed by atoms with Gasteiger partial charge < -0.3 is 4.57 Å². The first-order chi connectivity index (χ1) is 7.79. The molecule has 0 aliphatic rings. The molecule has 0 fully saturated rings. The lowest BCUT2D eigenvalue weighted by Crippen LogP contribution is -2.03. The van der Waals surface area contributed by atoms with Crippen molar-refractivity contribution in [2.75, 3.05) is 5.88 Å². The minimum atomic E-state index is 0. The van der Waals surface area contributed by atoms with Gasteiger partial charge in [0.2, 0.25) is 0 Å². The Labute approximate surface area is 121 Å². The zero-order valence-corrected chi connectivity index (χ0v) is 12.3. The van der Waals surface area contributed by atoms with Crippen LogP contribution < -0.4 is 0 Å². The third-order valence-corrected chi connectivity index (χ3v) is 3.13. The van der Waals surface area contributed by atoms with Crippen molar-refractivity contribution >= 4 is 39.9 Å². The second-order valence-electron chi connectivity index (χ2n) is 3.58. The molecule has 92 valence electrons. The number of rotatable bonds is 4. The predicted octanol–water partition coefficient (Wildman–Crippen LogP) is 3.90. The third-order valence-electron chi connectivity index (χ3n) is 2.42. The number of nitrogens with zero attached hydrogens (tertiary/aromatic N) is 2. The Morgan fingerprint density at radius 3 is 2.59 bits per heavy atom. The van der Waals surface area contributed by atoms with E-state index in [4.69, 9.17) is 11.6 Å². The monoisotopic (exact) mass is 334 g/mol. The molecule has 5 heteroatoms. The molecule has 2 rings (SSSR count). The average molecular weight is 336 g/mol. The van der Waals surface area contributed by atoms with Gasteiger partial charge in [0, 0.05) is 35.2 Å². The summed E-state index contributed by atoms with van der Waals surface area (Å²) in [6.45, 7) is 0.847. The standard InChI is InChI=1S/C12H12BrClN2.ClH/c13-11-3-1-10(2-4-11)8-16-9-15-7-12(16)5-6-14;/h1-4,7,9H,5-6,8H2;1H. The van der Waals surface area contributed by atoms with Gasteiger partial charge >= 0.3 is 0 Å². The lowest BCUT2D eigenvalue weighted by molar-refractivity contribution is 0.748. The molecule has 0 aliphatic heterocycles. The summed E-state index contributed by atoms with van der Waals surface area (Å²) in [5.41, 5.74) is 2.44. The Morgan fingerprint density at radius 2 is 1.94 bits per heavy atom. The van der Waals surface area contributed by atoms with E-state index >= 15 is 0 Å². The van der Waals surface area contributed by atoms with Crippen molar-refractivity contribution in [2.24, 2.45) is 0 Å². The number of aromatic nitrogens is 2. The average Bonchev–Trinajstić information content (AvgIpc) is 2.70. The minimum Gasteiger partial charge on any atom is -0.330 e. The lowest BCUT2D eigenvalue weighted by Gasteiger charge is -2.07. The maximum atomic E-state index is 5.74. The highest BCUT2D eigenvalue weighted by Crippen LogP contribution is 2.12. The molecule has 0 aliphatic carbocycles. The van der Waals surface area contributed by atoms with Crippen LogP contribution in [0.1, 0.15) is 11.3 Å². The zero-order chi connectivity index (χ0) is 11.4. The summed E-state index contributed by atoms with van der Waals surface area (Å²) >= 11 is 9.17. The zero-order valence-electron chi connectivity index (χ0n) is 9.14. The van der Waals surface area contributed by atoms with Crippen LogP contribution >= 0.6 is 39.9 Å². The number of halogens is 3. The Balaban J connectivity index is 0.00000144. The van der Waals surface area contributed by atoms with Gasteiger partial charge in [-0.25, -0.2) is 4.98 Å². The molecular weight excluding hydrogens is 323 g/mol. The van der Waals surface area contributed by atoms with Gasteiger partial charge in [-0.2, -0.15) is 0 Å². The molecular formula is C12H13BrCl2N2. The highest BCUT2D eigenvalue weighted by atomic mass is 79.9. The van der Waals surface area contributed by atoms with Gasteiger partial charge in [0.25, 0.3) is 0 Å². The quantitative estimate of drug-likeness (QED) is 0.775. The highest BCUT2D eigenvalue weighted by molar-refractivity contribution is 9.10. The van der Waals surface area contributed by atoms with Crippen molar-refractivity contribution in [3.63, 3.8) is 0 Å². The maximum absolute atomic E-state index is 5.74. The van der Waals surface area contributed by atoms with Crippen molar-refractivity contribution in [1.82, 2.24) is 9.55 Å². The summed E-state index contributed by atoms with van der Waals surface area (Å²) in [5.74, 6) is 0.631. The van der Waals surface area contributed by atoms with E-state index < -0.39 is 0 Å². The van der Waals surface area contributed by atoms with Crippen LogP contribution in [0.5, 0.6) is 0 Å². The van der Waals surface area contributed by atoms with E-state index in [9.17, 15) is 0 Å². The molecule has 0 saturated carbocycles. The van der Waals surface area contributed by atoms with Crippen molar-refractivity contribution in [3.8, 4) is 0 Å². The second-order valence-corrected chi connectivity index (χ2v) is 4.87. The van der Waals surface area contributed by atoms with Crippen molar-refractivity contribution < 1.29 is 0 Å². The van der Waals surface area contributed by atoms with Crippen LogP contribution in [0.3, 0.4) is 0 Å². The Kier molecular flexibility index (Phi) is 6.03. The first kappa shape index (κ1) is 14.6. The normalized spacial score (nSPS) is 10.0. The molecule has 0 N–H and O–H groups in total. The van der Waals surface area contributed by atoms with E-state index in [1.165, 1.54) is 11.3 Å². The molecule has 0 radical (unpaired) electrons. The SMILES string of the molecule is Cl.ClCCc1cncn1Cc1ccc(Br)cc1. The van der Waals surface area contributed by atoms with E-state index in [-0.39, 0.29) is 12.4 Å². The maximum Gasteiger partial charge on any atom is 0.0951 e. The fourth-order valence-corrected chi connectivity index (χ4v) is 2.04.